The predicted molar refractivity (Wildman–Crippen MR) is 94.4 cm³/mol. The Bertz CT molecular complexity index is 770. The van der Waals surface area contributed by atoms with Crippen LogP contribution in [0.4, 0.5) is 0 Å². The lowest BCUT2D eigenvalue weighted by Gasteiger charge is -2.18. The van der Waals surface area contributed by atoms with E-state index in [9.17, 15) is 9.36 Å². The molecule has 3 aromatic rings. The van der Waals surface area contributed by atoms with E-state index in [2.05, 4.69) is 0 Å². The second-order valence-corrected chi connectivity index (χ2v) is 8.24. The molecule has 0 N–H and O–H groups in total. The smallest absolute Gasteiger partial charge is 0.261 e. The fourth-order valence-electron chi connectivity index (χ4n) is 2.20. The largest absolute Gasteiger partial charge is 0.314 e. The molecule has 0 amide bonds. The average Bonchev–Trinajstić information content (AvgIpc) is 3.16. The van der Waals surface area contributed by atoms with Gasteiger partial charge in [0.15, 0.2) is 5.78 Å². The Kier molecular flexibility index (Phi) is 4.87. The van der Waals surface area contributed by atoms with Crippen molar-refractivity contribution in [3.05, 3.63) is 83.1 Å². The molecule has 2 aromatic carbocycles. The second-order valence-electron chi connectivity index (χ2n) is 4.90. The summed E-state index contributed by atoms with van der Waals surface area (Å²) in [5, 5.41) is 3.01. The van der Waals surface area contributed by atoms with Gasteiger partial charge < -0.3 is 4.52 Å². The Morgan fingerprint density at radius 1 is 0.870 bits per heavy atom. The molecule has 23 heavy (non-hydrogen) atoms. The molecule has 3 rings (SSSR count). The number of rotatable bonds is 6. The molecule has 0 saturated heterocycles. The third-order valence-corrected chi connectivity index (χ3v) is 6.73. The van der Waals surface area contributed by atoms with Gasteiger partial charge in [0, 0.05) is 10.6 Å². The van der Waals surface area contributed by atoms with Gasteiger partial charge in [-0.15, -0.1) is 11.3 Å². The molecule has 0 unspecified atom stereocenters. The molecule has 1 heterocycles. The van der Waals surface area contributed by atoms with Gasteiger partial charge in [-0.05, 0) is 35.7 Å². The molecule has 116 valence electrons. The third-order valence-electron chi connectivity index (χ3n) is 3.37. The summed E-state index contributed by atoms with van der Waals surface area (Å²) in [6, 6.07) is 21.6. The van der Waals surface area contributed by atoms with Gasteiger partial charge in [-0.1, -0.05) is 42.5 Å². The van der Waals surface area contributed by atoms with Crippen molar-refractivity contribution in [2.45, 2.75) is 0 Å². The molecule has 0 aliphatic rings. The molecule has 0 saturated carbocycles. The van der Waals surface area contributed by atoms with E-state index in [1.165, 1.54) is 11.3 Å². The zero-order valence-corrected chi connectivity index (χ0v) is 14.0. The quantitative estimate of drug-likeness (QED) is 0.504. The number of hydrogen-bond donors (Lipinski definition) is 0. The van der Waals surface area contributed by atoms with Crippen LogP contribution < -0.4 is 10.6 Å². The van der Waals surface area contributed by atoms with Crippen LogP contribution in [0.2, 0.25) is 0 Å². The van der Waals surface area contributed by atoms with E-state index < -0.39 is 7.37 Å². The maximum atomic E-state index is 13.5. The van der Waals surface area contributed by atoms with Crippen LogP contribution in [0.25, 0.3) is 0 Å². The predicted octanol–water partition coefficient (Wildman–Crippen LogP) is 3.88. The van der Waals surface area contributed by atoms with Gasteiger partial charge in [-0.3, -0.25) is 9.36 Å². The molecule has 0 spiro atoms. The Hall–Kier alpha value is -2.00. The standard InChI is InChI=1S/C18H15O3PS/c19-17(18-12-7-13-23-18)14-21-22(20,15-8-3-1-4-9-15)16-10-5-2-6-11-16/h1-13H,14H2. The van der Waals surface area contributed by atoms with Crippen LogP contribution in [0.5, 0.6) is 0 Å². The number of hydrogen-bond acceptors (Lipinski definition) is 4. The van der Waals surface area contributed by atoms with E-state index in [-0.39, 0.29) is 12.4 Å². The first-order chi connectivity index (χ1) is 11.2. The number of benzene rings is 2. The van der Waals surface area contributed by atoms with Crippen LogP contribution in [-0.2, 0) is 9.09 Å². The van der Waals surface area contributed by atoms with Gasteiger partial charge in [0.25, 0.3) is 7.37 Å². The van der Waals surface area contributed by atoms with Gasteiger partial charge >= 0.3 is 0 Å². The maximum absolute atomic E-state index is 13.5. The van der Waals surface area contributed by atoms with Gasteiger partial charge in [-0.2, -0.15) is 0 Å². The maximum Gasteiger partial charge on any atom is 0.261 e. The van der Waals surface area contributed by atoms with Gasteiger partial charge in [-0.25, -0.2) is 0 Å². The van der Waals surface area contributed by atoms with Crippen molar-refractivity contribution < 1.29 is 13.9 Å². The highest BCUT2D eigenvalue weighted by atomic mass is 32.1. The molecule has 0 radical (unpaired) electrons. The van der Waals surface area contributed by atoms with Crippen LogP contribution in [0, 0.1) is 0 Å². The SMILES string of the molecule is O=C(COP(=O)(c1ccccc1)c1ccccc1)c1cccs1. The van der Waals surface area contributed by atoms with Crippen molar-refractivity contribution in [1.82, 2.24) is 0 Å². The molecule has 0 aliphatic heterocycles. The number of carbonyl (C=O) groups excluding carboxylic acids is 1. The molecule has 0 fully saturated rings. The van der Waals surface area contributed by atoms with E-state index in [0.29, 0.717) is 15.5 Å². The summed E-state index contributed by atoms with van der Waals surface area (Å²) in [5.74, 6) is -0.160. The van der Waals surface area contributed by atoms with Crippen molar-refractivity contribution in [2.75, 3.05) is 6.61 Å². The zero-order valence-electron chi connectivity index (χ0n) is 12.3. The summed E-state index contributed by atoms with van der Waals surface area (Å²) in [5.41, 5.74) is 0. The fraction of sp³-hybridized carbons (Fsp3) is 0.0556. The molecular formula is C18H15O3PS. The molecule has 3 nitrogen and oxygen atoms in total. The Labute approximate surface area is 139 Å². The fourth-order valence-corrected chi connectivity index (χ4v) is 4.88. The van der Waals surface area contributed by atoms with Crippen molar-refractivity contribution in [1.29, 1.82) is 0 Å². The lowest BCUT2D eigenvalue weighted by Crippen LogP contribution is -2.20. The Balaban J connectivity index is 1.91. The van der Waals surface area contributed by atoms with E-state index in [0.717, 1.165) is 0 Å². The highest BCUT2D eigenvalue weighted by Gasteiger charge is 2.29. The normalized spacial score (nSPS) is 11.3. The molecular weight excluding hydrogens is 327 g/mol. The monoisotopic (exact) mass is 342 g/mol. The molecule has 0 aliphatic carbocycles. The minimum atomic E-state index is -3.30. The lowest BCUT2D eigenvalue weighted by atomic mass is 10.3. The summed E-state index contributed by atoms with van der Waals surface area (Å²) >= 11 is 1.35. The van der Waals surface area contributed by atoms with E-state index in [1.54, 1.807) is 30.3 Å². The zero-order chi connectivity index (χ0) is 16.1. The van der Waals surface area contributed by atoms with E-state index in [1.807, 2.05) is 47.8 Å². The van der Waals surface area contributed by atoms with Crippen LogP contribution in [-0.4, -0.2) is 12.4 Å². The van der Waals surface area contributed by atoms with Crippen molar-refractivity contribution >= 4 is 35.1 Å². The van der Waals surface area contributed by atoms with E-state index >= 15 is 0 Å². The summed E-state index contributed by atoms with van der Waals surface area (Å²) in [6.45, 7) is -0.207. The van der Waals surface area contributed by atoms with E-state index in [4.69, 9.17) is 4.52 Å². The first-order valence-corrected chi connectivity index (χ1v) is 9.63. The summed E-state index contributed by atoms with van der Waals surface area (Å²) in [6.07, 6.45) is 0. The van der Waals surface area contributed by atoms with Crippen LogP contribution >= 0.6 is 18.7 Å². The molecule has 0 atom stereocenters. The Morgan fingerprint density at radius 3 is 1.91 bits per heavy atom. The highest BCUT2D eigenvalue weighted by Crippen LogP contribution is 2.44. The minimum absolute atomic E-state index is 0.160. The number of Topliss-reactive ketones (excluding diaryl/α,β-unsaturated/α-hetero) is 1. The van der Waals surface area contributed by atoms with Gasteiger partial charge in [0.1, 0.15) is 6.61 Å². The summed E-state index contributed by atoms with van der Waals surface area (Å²) < 4.78 is 19.2. The van der Waals surface area contributed by atoms with Crippen LogP contribution in [0.1, 0.15) is 9.67 Å². The first kappa shape index (κ1) is 15.9. The number of ketones is 1. The number of carbonyl (C=O) groups is 1. The Morgan fingerprint density at radius 2 is 1.43 bits per heavy atom. The van der Waals surface area contributed by atoms with Crippen molar-refractivity contribution in [2.24, 2.45) is 0 Å². The van der Waals surface area contributed by atoms with Crippen molar-refractivity contribution in [3.8, 4) is 0 Å². The van der Waals surface area contributed by atoms with Gasteiger partial charge in [0.05, 0.1) is 4.88 Å². The van der Waals surface area contributed by atoms with Gasteiger partial charge in [0.2, 0.25) is 0 Å². The minimum Gasteiger partial charge on any atom is -0.314 e. The topological polar surface area (TPSA) is 43.4 Å². The van der Waals surface area contributed by atoms with Crippen molar-refractivity contribution in [3.63, 3.8) is 0 Å². The number of thiophene rings is 1. The lowest BCUT2D eigenvalue weighted by molar-refractivity contribution is 0.0929. The van der Waals surface area contributed by atoms with Crippen LogP contribution in [0.15, 0.2) is 78.2 Å². The molecule has 5 heteroatoms. The third kappa shape index (κ3) is 3.50. The summed E-state index contributed by atoms with van der Waals surface area (Å²) in [7, 11) is -3.30. The molecule has 1 aromatic heterocycles. The second kappa shape index (κ2) is 7.05. The molecule has 0 bridgehead atoms. The van der Waals surface area contributed by atoms with Crippen LogP contribution in [0.3, 0.4) is 0 Å². The summed E-state index contributed by atoms with van der Waals surface area (Å²) in [4.78, 5) is 12.8. The average molecular weight is 342 g/mol. The highest BCUT2D eigenvalue weighted by molar-refractivity contribution is 7.74. The first-order valence-electron chi connectivity index (χ1n) is 7.13.